The van der Waals surface area contributed by atoms with Crippen molar-refractivity contribution < 1.29 is 9.90 Å². The van der Waals surface area contributed by atoms with Crippen LogP contribution in [0.1, 0.15) is 26.7 Å². The molecule has 0 aromatic heterocycles. The van der Waals surface area contributed by atoms with Crippen molar-refractivity contribution in [2.24, 2.45) is 11.1 Å². The third kappa shape index (κ3) is 2.89. The van der Waals surface area contributed by atoms with E-state index in [2.05, 4.69) is 0 Å². The van der Waals surface area contributed by atoms with Gasteiger partial charge in [-0.15, -0.1) is 0 Å². The number of nitrogens with zero attached hydrogens (tertiary/aromatic N) is 1. The fourth-order valence-corrected chi connectivity index (χ4v) is 2.00. The summed E-state index contributed by atoms with van der Waals surface area (Å²) in [5.41, 5.74) is 4.90. The highest BCUT2D eigenvalue weighted by atomic mass is 32.1. The van der Waals surface area contributed by atoms with Gasteiger partial charge in [-0.1, -0.05) is 26.1 Å². The van der Waals surface area contributed by atoms with E-state index in [0.29, 0.717) is 19.4 Å². The minimum absolute atomic E-state index is 0.0525. The highest BCUT2D eigenvalue weighted by Crippen LogP contribution is 2.29. The molecule has 4 nitrogen and oxygen atoms in total. The van der Waals surface area contributed by atoms with Gasteiger partial charge in [-0.05, 0) is 12.8 Å². The number of hydrogen-bond donors (Lipinski definition) is 2. The van der Waals surface area contributed by atoms with Gasteiger partial charge in [-0.3, -0.25) is 4.79 Å². The molecule has 0 saturated carbocycles. The van der Waals surface area contributed by atoms with E-state index in [1.807, 2.05) is 13.8 Å². The van der Waals surface area contributed by atoms with E-state index in [1.165, 1.54) is 4.90 Å². The molecule has 0 saturated heterocycles. The van der Waals surface area contributed by atoms with Gasteiger partial charge in [0.1, 0.15) is 0 Å². The Morgan fingerprint density at radius 2 is 1.93 bits per heavy atom. The van der Waals surface area contributed by atoms with Crippen LogP contribution in [-0.4, -0.2) is 41.1 Å². The predicted molar refractivity (Wildman–Crippen MR) is 64.5 cm³/mol. The number of thiocarbonyl (C=S) groups is 1. The summed E-state index contributed by atoms with van der Waals surface area (Å²) in [6.45, 7) is 4.05. The Bertz CT molecular complexity index is 240. The molecule has 0 atom stereocenters. The quantitative estimate of drug-likeness (QED) is 0.656. The van der Waals surface area contributed by atoms with Crippen molar-refractivity contribution in [1.29, 1.82) is 0 Å². The molecule has 0 radical (unpaired) electrons. The Morgan fingerprint density at radius 1 is 1.47 bits per heavy atom. The highest BCUT2D eigenvalue weighted by Gasteiger charge is 2.39. The Kier molecular flexibility index (Phi) is 5.75. The molecule has 1 amide bonds. The number of carbonyl (C=O) groups excluding carboxylic acids is 1. The first-order valence-electron chi connectivity index (χ1n) is 5.12. The van der Waals surface area contributed by atoms with Gasteiger partial charge >= 0.3 is 0 Å². The monoisotopic (exact) mass is 232 g/mol. The third-order valence-electron chi connectivity index (χ3n) is 2.87. The summed E-state index contributed by atoms with van der Waals surface area (Å²) in [6.07, 6.45) is 1.18. The molecule has 0 aliphatic rings. The maximum atomic E-state index is 12.1. The molecule has 0 aromatic carbocycles. The van der Waals surface area contributed by atoms with Crippen molar-refractivity contribution in [3.05, 3.63) is 0 Å². The van der Waals surface area contributed by atoms with Crippen LogP contribution < -0.4 is 5.73 Å². The number of aliphatic hydroxyl groups is 1. The maximum Gasteiger partial charge on any atom is 0.235 e. The van der Waals surface area contributed by atoms with Crippen LogP contribution in [0.3, 0.4) is 0 Å². The van der Waals surface area contributed by atoms with Gasteiger partial charge in [0, 0.05) is 13.6 Å². The highest BCUT2D eigenvalue weighted by molar-refractivity contribution is 7.80. The van der Waals surface area contributed by atoms with E-state index < -0.39 is 5.41 Å². The van der Waals surface area contributed by atoms with Crippen LogP contribution in [0.4, 0.5) is 0 Å². The number of amides is 1. The number of aliphatic hydroxyl groups excluding tert-OH is 1. The smallest absolute Gasteiger partial charge is 0.235 e. The number of nitrogens with two attached hydrogens (primary N) is 1. The molecule has 0 heterocycles. The van der Waals surface area contributed by atoms with Gasteiger partial charge in [0.05, 0.1) is 17.0 Å². The Labute approximate surface area is 96.4 Å². The van der Waals surface area contributed by atoms with E-state index >= 15 is 0 Å². The minimum atomic E-state index is -0.751. The topological polar surface area (TPSA) is 66.6 Å². The molecule has 0 bridgehead atoms. The SMILES string of the molecule is CCC(CC)(C(=O)N(C)CCO)C(N)=S. The molecular formula is C10H20N2O2S. The lowest BCUT2D eigenvalue weighted by Gasteiger charge is -2.33. The summed E-state index contributed by atoms with van der Waals surface area (Å²) in [5.74, 6) is -0.103. The molecular weight excluding hydrogens is 212 g/mol. The van der Waals surface area contributed by atoms with Crippen molar-refractivity contribution in [1.82, 2.24) is 4.90 Å². The second-order valence-electron chi connectivity index (χ2n) is 3.60. The molecule has 0 spiro atoms. The molecule has 0 aromatic rings. The number of likely N-dealkylation sites (N-methyl/N-ethyl adjacent to an activating group) is 1. The van der Waals surface area contributed by atoms with Crippen molar-refractivity contribution in [3.8, 4) is 0 Å². The predicted octanol–water partition coefficient (Wildman–Crippen LogP) is 0.530. The standard InChI is InChI=1S/C10H20N2O2S/c1-4-10(5-2,8(11)15)9(14)12(3)6-7-13/h13H,4-7H2,1-3H3,(H2,11,15). The lowest BCUT2D eigenvalue weighted by molar-refractivity contribution is -0.137. The second kappa shape index (κ2) is 6.02. The molecule has 0 fully saturated rings. The third-order valence-corrected chi connectivity index (χ3v) is 3.26. The van der Waals surface area contributed by atoms with Gasteiger partial charge in [-0.2, -0.15) is 0 Å². The first-order valence-corrected chi connectivity index (χ1v) is 5.53. The van der Waals surface area contributed by atoms with E-state index in [4.69, 9.17) is 23.1 Å². The first-order chi connectivity index (χ1) is 6.96. The van der Waals surface area contributed by atoms with E-state index in [0.717, 1.165) is 0 Å². The van der Waals surface area contributed by atoms with Gasteiger partial charge < -0.3 is 15.7 Å². The fourth-order valence-electron chi connectivity index (χ4n) is 1.62. The molecule has 15 heavy (non-hydrogen) atoms. The van der Waals surface area contributed by atoms with Crippen LogP contribution >= 0.6 is 12.2 Å². The van der Waals surface area contributed by atoms with Gasteiger partial charge in [-0.25, -0.2) is 0 Å². The number of rotatable bonds is 6. The van der Waals surface area contributed by atoms with E-state index in [9.17, 15) is 4.79 Å². The molecule has 88 valence electrons. The Hall–Kier alpha value is -0.680. The maximum absolute atomic E-state index is 12.1. The lowest BCUT2D eigenvalue weighted by atomic mass is 9.81. The van der Waals surface area contributed by atoms with E-state index in [-0.39, 0.29) is 17.5 Å². The molecule has 3 N–H and O–H groups in total. The van der Waals surface area contributed by atoms with Gasteiger partial charge in [0.2, 0.25) is 5.91 Å². The molecule has 5 heteroatoms. The van der Waals surface area contributed by atoms with Crippen molar-refractivity contribution >= 4 is 23.1 Å². The lowest BCUT2D eigenvalue weighted by Crippen LogP contribution is -2.49. The van der Waals surface area contributed by atoms with Crippen LogP contribution in [-0.2, 0) is 4.79 Å². The van der Waals surface area contributed by atoms with E-state index in [1.54, 1.807) is 7.05 Å². The zero-order valence-corrected chi connectivity index (χ0v) is 10.4. The molecule has 0 unspecified atom stereocenters. The average Bonchev–Trinajstić information content (AvgIpc) is 2.20. The van der Waals surface area contributed by atoms with Crippen LogP contribution in [0, 0.1) is 5.41 Å². The number of carbonyl (C=O) groups is 1. The minimum Gasteiger partial charge on any atom is -0.395 e. The molecule has 0 aliphatic heterocycles. The zero-order chi connectivity index (χ0) is 12.1. The van der Waals surface area contributed by atoms with Crippen molar-refractivity contribution in [3.63, 3.8) is 0 Å². The van der Waals surface area contributed by atoms with Crippen molar-refractivity contribution in [2.75, 3.05) is 20.2 Å². The second-order valence-corrected chi connectivity index (χ2v) is 4.04. The Balaban J connectivity index is 4.92. The normalized spacial score (nSPS) is 11.2. The Morgan fingerprint density at radius 3 is 2.20 bits per heavy atom. The summed E-state index contributed by atoms with van der Waals surface area (Å²) in [5, 5.41) is 8.78. The summed E-state index contributed by atoms with van der Waals surface area (Å²) in [6, 6.07) is 0. The van der Waals surface area contributed by atoms with Crippen LogP contribution in [0.15, 0.2) is 0 Å². The van der Waals surface area contributed by atoms with Crippen LogP contribution in [0.2, 0.25) is 0 Å². The largest absolute Gasteiger partial charge is 0.395 e. The van der Waals surface area contributed by atoms with Crippen LogP contribution in [0.5, 0.6) is 0 Å². The summed E-state index contributed by atoms with van der Waals surface area (Å²) in [4.78, 5) is 13.8. The van der Waals surface area contributed by atoms with Crippen molar-refractivity contribution in [2.45, 2.75) is 26.7 Å². The molecule has 0 rings (SSSR count). The van der Waals surface area contributed by atoms with Gasteiger partial charge in [0.25, 0.3) is 0 Å². The summed E-state index contributed by atoms with van der Waals surface area (Å²) < 4.78 is 0. The van der Waals surface area contributed by atoms with Crippen LogP contribution in [0.25, 0.3) is 0 Å². The molecule has 0 aliphatic carbocycles. The zero-order valence-electron chi connectivity index (χ0n) is 9.62. The van der Waals surface area contributed by atoms with Gasteiger partial charge in [0.15, 0.2) is 0 Å². The fraction of sp³-hybridized carbons (Fsp3) is 0.800. The summed E-state index contributed by atoms with van der Waals surface area (Å²) >= 11 is 4.97. The first kappa shape index (κ1) is 14.3. The average molecular weight is 232 g/mol. The number of hydrogen-bond acceptors (Lipinski definition) is 3. The summed E-state index contributed by atoms with van der Waals surface area (Å²) in [7, 11) is 1.65.